The second-order valence-electron chi connectivity index (χ2n) is 9.41. The van der Waals surface area contributed by atoms with Gasteiger partial charge in [0.1, 0.15) is 18.8 Å². The van der Waals surface area contributed by atoms with Crippen LogP contribution in [0.3, 0.4) is 0 Å². The summed E-state index contributed by atoms with van der Waals surface area (Å²) in [6, 6.07) is 23.7. The summed E-state index contributed by atoms with van der Waals surface area (Å²) in [5.74, 6) is -0.810. The number of esters is 1. The summed E-state index contributed by atoms with van der Waals surface area (Å²) in [5, 5.41) is 13.0. The van der Waals surface area contributed by atoms with Crippen LogP contribution < -0.4 is 20.9 Å². The van der Waals surface area contributed by atoms with Crippen LogP contribution >= 0.6 is 0 Å². The Labute approximate surface area is 228 Å². The van der Waals surface area contributed by atoms with Gasteiger partial charge in [-0.05, 0) is 42.2 Å². The average Bonchev–Trinajstić information content (AvgIpc) is 2.94. The van der Waals surface area contributed by atoms with Crippen LogP contribution in [-0.2, 0) is 38.8 Å². The van der Waals surface area contributed by atoms with E-state index in [0.29, 0.717) is 18.5 Å². The highest BCUT2D eigenvalue weighted by Crippen LogP contribution is 2.29. The molecule has 0 aromatic heterocycles. The number of phenolic OH excluding ortho intramolecular Hbond substituents is 1. The molecule has 0 unspecified atom stereocenters. The van der Waals surface area contributed by atoms with Crippen molar-refractivity contribution in [3.05, 3.63) is 95.6 Å². The highest BCUT2D eigenvalue weighted by atomic mass is 16.5. The van der Waals surface area contributed by atoms with E-state index in [1.54, 1.807) is 19.1 Å². The number of hydrogen-bond acceptors (Lipinski definition) is 7. The monoisotopic (exact) mass is 533 g/mol. The third-order valence-electron chi connectivity index (χ3n) is 5.91. The summed E-state index contributed by atoms with van der Waals surface area (Å²) in [6.45, 7) is 3.76. The number of ether oxygens (including phenoxy) is 2. The highest BCUT2D eigenvalue weighted by molar-refractivity contribution is 5.82. The van der Waals surface area contributed by atoms with E-state index in [1.165, 1.54) is 13.0 Å². The number of rotatable bonds is 14. The lowest BCUT2D eigenvalue weighted by Gasteiger charge is -2.29. The van der Waals surface area contributed by atoms with Gasteiger partial charge in [0.2, 0.25) is 11.8 Å². The first-order chi connectivity index (χ1) is 18.7. The summed E-state index contributed by atoms with van der Waals surface area (Å²) in [4.78, 5) is 36.7. The van der Waals surface area contributed by atoms with Gasteiger partial charge in [0.25, 0.3) is 0 Å². The van der Waals surface area contributed by atoms with Crippen molar-refractivity contribution in [2.75, 3.05) is 6.54 Å². The first kappa shape index (κ1) is 29.2. The highest BCUT2D eigenvalue weighted by Gasteiger charge is 2.36. The molecule has 0 heterocycles. The van der Waals surface area contributed by atoms with Crippen LogP contribution in [-0.4, -0.2) is 35.0 Å². The van der Waals surface area contributed by atoms with Crippen LogP contribution in [0, 0.1) is 0 Å². The fourth-order valence-electron chi connectivity index (χ4n) is 3.76. The molecule has 0 aliphatic carbocycles. The molecule has 0 aliphatic rings. The number of phenols is 1. The molecule has 4 N–H and O–H groups in total. The normalized spacial score (nSPS) is 12.2. The molecule has 0 spiro atoms. The Balaban J connectivity index is 1.70. The number of amides is 2. The Morgan fingerprint density at radius 2 is 1.51 bits per heavy atom. The maximum atomic E-state index is 13.3. The van der Waals surface area contributed by atoms with Gasteiger partial charge in [-0.15, -0.1) is 0 Å². The first-order valence-electron chi connectivity index (χ1n) is 12.8. The fourth-order valence-corrected chi connectivity index (χ4v) is 3.76. The Bertz CT molecular complexity index is 1240. The van der Waals surface area contributed by atoms with Gasteiger partial charge in [-0.1, -0.05) is 66.7 Å². The molecule has 9 heteroatoms. The quantitative estimate of drug-likeness (QED) is 0.142. The van der Waals surface area contributed by atoms with Gasteiger partial charge in [0.15, 0.2) is 11.5 Å². The van der Waals surface area contributed by atoms with Crippen molar-refractivity contribution < 1.29 is 29.0 Å². The minimum absolute atomic E-state index is 0.0246. The van der Waals surface area contributed by atoms with Gasteiger partial charge >= 0.3 is 5.97 Å². The predicted octanol–water partition coefficient (Wildman–Crippen LogP) is 3.55. The molecule has 0 radical (unpaired) electrons. The Kier molecular flexibility index (Phi) is 10.9. The minimum Gasteiger partial charge on any atom is -0.504 e. The molecule has 0 bridgehead atoms. The summed E-state index contributed by atoms with van der Waals surface area (Å²) >= 11 is 0. The standard InChI is InChI=1S/C30H35N3O6/c1-22(34)31-17-9-14-28(36)32-33-30(2,29(37)39-21-24-12-7-4-8-13-24)19-25-15-16-26(35)27(18-25)38-20-23-10-5-3-6-11-23/h3-8,10-13,15-16,18,33,35H,9,14,17,19-21H2,1-2H3,(H,31,34)(H,32,36)/t30-/m0/s1. The number of aromatic hydroxyl groups is 1. The van der Waals surface area contributed by atoms with Gasteiger partial charge in [0, 0.05) is 26.3 Å². The van der Waals surface area contributed by atoms with E-state index in [9.17, 15) is 19.5 Å². The lowest BCUT2D eigenvalue weighted by molar-refractivity contribution is -0.153. The van der Waals surface area contributed by atoms with Crippen molar-refractivity contribution >= 4 is 17.8 Å². The van der Waals surface area contributed by atoms with E-state index in [1.807, 2.05) is 60.7 Å². The van der Waals surface area contributed by atoms with Gasteiger partial charge in [-0.25, -0.2) is 10.2 Å². The topological polar surface area (TPSA) is 126 Å². The molecule has 3 rings (SSSR count). The zero-order chi connectivity index (χ0) is 28.1. The van der Waals surface area contributed by atoms with Crippen LogP contribution in [0.5, 0.6) is 11.5 Å². The van der Waals surface area contributed by atoms with E-state index < -0.39 is 11.5 Å². The molecule has 39 heavy (non-hydrogen) atoms. The second-order valence-corrected chi connectivity index (χ2v) is 9.41. The maximum absolute atomic E-state index is 13.3. The van der Waals surface area contributed by atoms with Crippen molar-refractivity contribution in [1.29, 1.82) is 0 Å². The maximum Gasteiger partial charge on any atom is 0.328 e. The molecule has 206 valence electrons. The molecule has 3 aromatic carbocycles. The van der Waals surface area contributed by atoms with Gasteiger partial charge in [-0.3, -0.25) is 15.0 Å². The largest absolute Gasteiger partial charge is 0.504 e. The molecule has 3 aromatic rings. The van der Waals surface area contributed by atoms with Crippen LogP contribution in [0.1, 0.15) is 43.4 Å². The zero-order valence-electron chi connectivity index (χ0n) is 22.2. The zero-order valence-corrected chi connectivity index (χ0v) is 22.2. The van der Waals surface area contributed by atoms with Crippen molar-refractivity contribution in [2.24, 2.45) is 0 Å². The number of carbonyl (C=O) groups excluding carboxylic acids is 3. The smallest absolute Gasteiger partial charge is 0.328 e. The minimum atomic E-state index is -1.34. The molecule has 1 atom stereocenters. The van der Waals surface area contributed by atoms with Crippen molar-refractivity contribution in [2.45, 2.75) is 51.9 Å². The average molecular weight is 534 g/mol. The molecule has 0 fully saturated rings. The van der Waals surface area contributed by atoms with E-state index in [-0.39, 0.29) is 49.4 Å². The Morgan fingerprint density at radius 1 is 0.872 bits per heavy atom. The van der Waals surface area contributed by atoms with Crippen molar-refractivity contribution in [1.82, 2.24) is 16.2 Å². The Hall–Kier alpha value is -4.37. The van der Waals surface area contributed by atoms with E-state index in [0.717, 1.165) is 11.1 Å². The molecule has 2 amide bonds. The number of benzene rings is 3. The molecule has 0 aliphatic heterocycles. The molecular formula is C30H35N3O6. The summed E-state index contributed by atoms with van der Waals surface area (Å²) in [6.07, 6.45) is 0.732. The van der Waals surface area contributed by atoms with E-state index in [4.69, 9.17) is 9.47 Å². The summed E-state index contributed by atoms with van der Waals surface area (Å²) in [7, 11) is 0. The first-order valence-corrected chi connectivity index (χ1v) is 12.8. The lowest BCUT2D eigenvalue weighted by Crippen LogP contribution is -2.59. The summed E-state index contributed by atoms with van der Waals surface area (Å²) < 4.78 is 11.4. The SMILES string of the molecule is CC(=O)NCCCC(=O)NN[C@@](C)(Cc1ccc(O)c(OCc2ccccc2)c1)C(=O)OCc1ccccc1. The van der Waals surface area contributed by atoms with Gasteiger partial charge < -0.3 is 19.9 Å². The van der Waals surface area contributed by atoms with Gasteiger partial charge in [0.05, 0.1) is 0 Å². The van der Waals surface area contributed by atoms with Gasteiger partial charge in [-0.2, -0.15) is 0 Å². The van der Waals surface area contributed by atoms with Crippen molar-refractivity contribution in [3.8, 4) is 11.5 Å². The number of nitrogens with one attached hydrogen (secondary N) is 3. The molecular weight excluding hydrogens is 498 g/mol. The van der Waals surface area contributed by atoms with Crippen LogP contribution in [0.15, 0.2) is 78.9 Å². The third kappa shape index (κ3) is 9.79. The number of hydrazine groups is 1. The third-order valence-corrected chi connectivity index (χ3v) is 5.91. The van der Waals surface area contributed by atoms with Crippen LogP contribution in [0.25, 0.3) is 0 Å². The lowest BCUT2D eigenvalue weighted by atomic mass is 9.93. The Morgan fingerprint density at radius 3 is 2.15 bits per heavy atom. The molecule has 9 nitrogen and oxygen atoms in total. The van der Waals surface area contributed by atoms with Crippen LogP contribution in [0.2, 0.25) is 0 Å². The van der Waals surface area contributed by atoms with Crippen LogP contribution in [0.4, 0.5) is 0 Å². The molecule has 0 saturated heterocycles. The second kappa shape index (κ2) is 14.5. The number of carbonyl (C=O) groups is 3. The predicted molar refractivity (Wildman–Crippen MR) is 146 cm³/mol. The molecule has 0 saturated carbocycles. The van der Waals surface area contributed by atoms with E-state index >= 15 is 0 Å². The van der Waals surface area contributed by atoms with E-state index in [2.05, 4.69) is 16.2 Å². The fraction of sp³-hybridized carbons (Fsp3) is 0.300. The summed E-state index contributed by atoms with van der Waals surface area (Å²) in [5.41, 5.74) is 6.58. The number of hydrogen-bond donors (Lipinski definition) is 4. The van der Waals surface area contributed by atoms with Crippen molar-refractivity contribution in [3.63, 3.8) is 0 Å².